The smallest absolute Gasteiger partial charge is 0.208 e. The Hall–Kier alpha value is -0.540. The normalized spacial score (nSPS) is 30.2. The van der Waals surface area contributed by atoms with E-state index in [1.54, 1.807) is 11.3 Å². The maximum atomic E-state index is 11.4. The first-order valence-corrected chi connectivity index (χ1v) is 10.3. The molecule has 0 bridgehead atoms. The summed E-state index contributed by atoms with van der Waals surface area (Å²) in [6, 6.07) is -0.00570. The second-order valence-corrected chi connectivity index (χ2v) is 9.15. The molecule has 0 aliphatic carbocycles. The van der Waals surface area contributed by atoms with Gasteiger partial charge in [-0.25, -0.2) is 18.1 Å². The number of thiazole rings is 1. The van der Waals surface area contributed by atoms with E-state index in [2.05, 4.69) is 14.6 Å². The summed E-state index contributed by atoms with van der Waals surface area (Å²) in [6.45, 7) is 5.43. The number of aryl methyl sites for hydroxylation is 1. The second kappa shape index (κ2) is 6.16. The average Bonchev–Trinajstić information content (AvgIpc) is 2.96. The lowest BCUT2D eigenvalue weighted by Crippen LogP contribution is -2.49. The molecule has 8 heteroatoms. The highest BCUT2D eigenvalue weighted by Crippen LogP contribution is 2.35. The third-order valence-corrected chi connectivity index (χ3v) is 6.16. The van der Waals surface area contributed by atoms with E-state index in [1.807, 2.05) is 12.4 Å². The Kier molecular flexibility index (Phi) is 4.57. The highest BCUT2D eigenvalue weighted by atomic mass is 32.2. The summed E-state index contributed by atoms with van der Waals surface area (Å²) in [7, 11) is -3.16. The fraction of sp³-hybridized carbons (Fsp3) is 0.786. The highest BCUT2D eigenvalue weighted by Gasteiger charge is 2.43. The molecule has 124 valence electrons. The summed E-state index contributed by atoms with van der Waals surface area (Å²) >= 11 is 1.69. The first-order valence-electron chi connectivity index (χ1n) is 7.58. The minimum atomic E-state index is -3.16. The number of aromatic nitrogens is 1. The number of sulfonamides is 1. The Balaban J connectivity index is 1.61. The van der Waals surface area contributed by atoms with Crippen LogP contribution in [-0.2, 0) is 21.3 Å². The van der Waals surface area contributed by atoms with E-state index in [0.29, 0.717) is 6.61 Å². The van der Waals surface area contributed by atoms with Crippen LogP contribution in [0.2, 0.25) is 0 Å². The fourth-order valence-corrected chi connectivity index (χ4v) is 5.08. The van der Waals surface area contributed by atoms with Crippen LogP contribution in [0.25, 0.3) is 0 Å². The molecule has 3 rings (SSSR count). The molecule has 6 nitrogen and oxygen atoms in total. The van der Waals surface area contributed by atoms with Crippen molar-refractivity contribution in [2.75, 3.05) is 26.0 Å². The van der Waals surface area contributed by atoms with E-state index in [-0.39, 0.29) is 11.6 Å². The number of ether oxygens (including phenoxy) is 1. The second-order valence-electron chi connectivity index (χ2n) is 6.43. The molecule has 0 unspecified atom stereocenters. The van der Waals surface area contributed by atoms with Crippen molar-refractivity contribution in [3.8, 4) is 0 Å². The van der Waals surface area contributed by atoms with Crippen molar-refractivity contribution in [3.63, 3.8) is 0 Å². The van der Waals surface area contributed by atoms with E-state index < -0.39 is 10.0 Å². The van der Waals surface area contributed by atoms with Crippen molar-refractivity contribution in [2.45, 2.75) is 44.4 Å². The molecule has 3 heterocycles. The number of hydrogen-bond donors (Lipinski definition) is 1. The van der Waals surface area contributed by atoms with Gasteiger partial charge in [0, 0.05) is 37.2 Å². The molecule has 2 aliphatic rings. The molecule has 0 aromatic carbocycles. The summed E-state index contributed by atoms with van der Waals surface area (Å²) < 4.78 is 31.7. The van der Waals surface area contributed by atoms with Gasteiger partial charge in [-0.3, -0.25) is 4.90 Å². The van der Waals surface area contributed by atoms with Crippen LogP contribution in [0.15, 0.2) is 5.51 Å². The maximum absolute atomic E-state index is 11.4. The lowest BCUT2D eigenvalue weighted by molar-refractivity contribution is -0.0779. The third-order valence-electron chi connectivity index (χ3n) is 4.48. The van der Waals surface area contributed by atoms with Crippen molar-refractivity contribution in [1.29, 1.82) is 0 Å². The molecule has 0 radical (unpaired) electrons. The third kappa shape index (κ3) is 3.86. The van der Waals surface area contributed by atoms with Crippen LogP contribution in [0, 0.1) is 6.92 Å². The summed E-state index contributed by atoms with van der Waals surface area (Å²) in [5, 5.41) is 0. The van der Waals surface area contributed by atoms with E-state index in [4.69, 9.17) is 4.74 Å². The molecule has 0 saturated carbocycles. The lowest BCUT2D eigenvalue weighted by Gasteiger charge is -2.38. The van der Waals surface area contributed by atoms with Gasteiger partial charge in [0.05, 0.1) is 23.1 Å². The minimum Gasteiger partial charge on any atom is -0.373 e. The topological polar surface area (TPSA) is 71.5 Å². The van der Waals surface area contributed by atoms with Crippen LogP contribution in [0.1, 0.15) is 29.8 Å². The predicted octanol–water partition coefficient (Wildman–Crippen LogP) is 1.12. The molecule has 1 N–H and O–H groups in total. The molecule has 1 aromatic heterocycles. The molecular weight excluding hydrogens is 322 g/mol. The maximum Gasteiger partial charge on any atom is 0.208 e. The molecule has 2 fully saturated rings. The van der Waals surface area contributed by atoms with Gasteiger partial charge in [0.15, 0.2) is 0 Å². The van der Waals surface area contributed by atoms with Crippen LogP contribution in [0.5, 0.6) is 0 Å². The van der Waals surface area contributed by atoms with Crippen LogP contribution in [0.3, 0.4) is 0 Å². The van der Waals surface area contributed by atoms with Crippen molar-refractivity contribution < 1.29 is 13.2 Å². The number of nitrogens with zero attached hydrogens (tertiary/aromatic N) is 2. The van der Waals surface area contributed by atoms with Gasteiger partial charge in [0.25, 0.3) is 0 Å². The number of rotatable bonds is 4. The zero-order chi connectivity index (χ0) is 15.8. The molecular formula is C14H23N3O3S2. The van der Waals surface area contributed by atoms with Gasteiger partial charge in [-0.15, -0.1) is 11.3 Å². The van der Waals surface area contributed by atoms with E-state index in [9.17, 15) is 8.42 Å². The summed E-state index contributed by atoms with van der Waals surface area (Å²) in [5.74, 6) is 0. The van der Waals surface area contributed by atoms with Crippen LogP contribution in [-0.4, -0.2) is 55.9 Å². The Labute approximate surface area is 135 Å². The molecule has 2 saturated heterocycles. The van der Waals surface area contributed by atoms with E-state index in [1.165, 1.54) is 11.1 Å². The predicted molar refractivity (Wildman–Crippen MR) is 86.4 cm³/mol. The van der Waals surface area contributed by atoms with Crippen molar-refractivity contribution in [3.05, 3.63) is 16.1 Å². The number of nitrogens with one attached hydrogen (secondary N) is 1. The number of likely N-dealkylation sites (tertiary alicyclic amines) is 1. The van der Waals surface area contributed by atoms with Crippen LogP contribution in [0.4, 0.5) is 0 Å². The van der Waals surface area contributed by atoms with Gasteiger partial charge in [0.1, 0.15) is 0 Å². The minimum absolute atomic E-state index is 0.00570. The van der Waals surface area contributed by atoms with Gasteiger partial charge < -0.3 is 4.74 Å². The Bertz CT molecular complexity index is 631. The first-order chi connectivity index (χ1) is 10.4. The summed E-state index contributed by atoms with van der Waals surface area (Å²) in [4.78, 5) is 8.00. The van der Waals surface area contributed by atoms with Gasteiger partial charge in [-0.05, 0) is 26.2 Å². The monoisotopic (exact) mass is 345 g/mol. The zero-order valence-corrected chi connectivity index (χ0v) is 14.7. The molecule has 2 aliphatic heterocycles. The standard InChI is InChI=1S/C14H23N3O3S2/c1-11-13(21-10-15-11)8-17-5-4-14(9-17)7-12(3-6-20-14)16-22(2,18)19/h10,12,16H,3-9H2,1-2H3/t12-,14+/m1/s1. The molecule has 1 aromatic rings. The highest BCUT2D eigenvalue weighted by molar-refractivity contribution is 7.88. The number of hydrogen-bond acceptors (Lipinski definition) is 6. The van der Waals surface area contributed by atoms with Crippen LogP contribution >= 0.6 is 11.3 Å². The van der Waals surface area contributed by atoms with Crippen molar-refractivity contribution in [1.82, 2.24) is 14.6 Å². The quantitative estimate of drug-likeness (QED) is 0.885. The van der Waals surface area contributed by atoms with Gasteiger partial charge in [-0.2, -0.15) is 0 Å². The molecule has 22 heavy (non-hydrogen) atoms. The Morgan fingerprint density at radius 3 is 3.09 bits per heavy atom. The molecule has 1 spiro atoms. The zero-order valence-electron chi connectivity index (χ0n) is 13.0. The average molecular weight is 345 g/mol. The fourth-order valence-electron chi connectivity index (χ4n) is 3.46. The molecule has 0 amide bonds. The Morgan fingerprint density at radius 1 is 1.59 bits per heavy atom. The van der Waals surface area contributed by atoms with Gasteiger partial charge >= 0.3 is 0 Å². The summed E-state index contributed by atoms with van der Waals surface area (Å²) in [6.07, 6.45) is 3.70. The van der Waals surface area contributed by atoms with E-state index >= 15 is 0 Å². The van der Waals surface area contributed by atoms with Crippen LogP contribution < -0.4 is 4.72 Å². The van der Waals surface area contributed by atoms with Crippen molar-refractivity contribution >= 4 is 21.4 Å². The SMILES string of the molecule is Cc1ncsc1CN1CC[C@]2(C[C@H](NS(C)(=O)=O)CCO2)C1. The largest absolute Gasteiger partial charge is 0.373 e. The van der Waals surface area contributed by atoms with E-state index in [0.717, 1.165) is 44.6 Å². The first kappa shape index (κ1) is 16.3. The van der Waals surface area contributed by atoms with Gasteiger partial charge in [0.2, 0.25) is 10.0 Å². The lowest BCUT2D eigenvalue weighted by atomic mass is 9.90. The van der Waals surface area contributed by atoms with Gasteiger partial charge in [-0.1, -0.05) is 0 Å². The van der Waals surface area contributed by atoms with Crippen molar-refractivity contribution in [2.24, 2.45) is 0 Å². The Morgan fingerprint density at radius 2 is 2.41 bits per heavy atom. The summed E-state index contributed by atoms with van der Waals surface area (Å²) in [5.41, 5.74) is 2.80. The molecule has 2 atom stereocenters.